The molecule has 184 valence electrons. The fourth-order valence-corrected chi connectivity index (χ4v) is 3.47. The van der Waals surface area contributed by atoms with E-state index < -0.39 is 5.60 Å². The standard InChI is InChI=1S/C22H46N6O2.HI/c1-8-26(9-2)13-10-11-19(3)25-20(23-7)24-12-14-27-15-17-28(18-16-27)21(29)30-22(4,5)6;/h19H,8-18H2,1-7H3,(H2,23,24,25);1H. The molecule has 8 nitrogen and oxygen atoms in total. The molecule has 1 amide bonds. The number of hydrogen-bond acceptors (Lipinski definition) is 5. The molecule has 0 aliphatic carbocycles. The van der Waals surface area contributed by atoms with Gasteiger partial charge in [-0.3, -0.25) is 9.89 Å². The zero-order valence-corrected chi connectivity index (χ0v) is 23.2. The number of ether oxygens (including phenoxy) is 1. The summed E-state index contributed by atoms with van der Waals surface area (Å²) in [7, 11) is 1.82. The Balaban J connectivity index is 0.00000900. The van der Waals surface area contributed by atoms with E-state index in [1.807, 2.05) is 27.8 Å². The summed E-state index contributed by atoms with van der Waals surface area (Å²) in [4.78, 5) is 23.1. The summed E-state index contributed by atoms with van der Waals surface area (Å²) in [5.41, 5.74) is -0.441. The molecule has 0 aromatic rings. The fraction of sp³-hybridized carbons (Fsp3) is 0.909. The smallest absolute Gasteiger partial charge is 0.410 e. The molecule has 1 atom stereocenters. The van der Waals surface area contributed by atoms with Crippen molar-refractivity contribution >= 4 is 36.0 Å². The first-order valence-electron chi connectivity index (χ1n) is 11.6. The first kappa shape index (κ1) is 30.2. The molecule has 1 saturated heterocycles. The van der Waals surface area contributed by atoms with Crippen molar-refractivity contribution in [3.63, 3.8) is 0 Å². The molecule has 0 bridgehead atoms. The molecular weight excluding hydrogens is 507 g/mol. The molecule has 31 heavy (non-hydrogen) atoms. The van der Waals surface area contributed by atoms with E-state index in [0.717, 1.165) is 58.2 Å². The Labute approximate surface area is 207 Å². The van der Waals surface area contributed by atoms with Gasteiger partial charge in [0.15, 0.2) is 5.96 Å². The summed E-state index contributed by atoms with van der Waals surface area (Å²) in [6.07, 6.45) is 2.11. The molecule has 1 aliphatic heterocycles. The van der Waals surface area contributed by atoms with Crippen LogP contribution < -0.4 is 10.6 Å². The third-order valence-corrected chi connectivity index (χ3v) is 5.36. The van der Waals surface area contributed by atoms with Crippen LogP contribution in [0.5, 0.6) is 0 Å². The van der Waals surface area contributed by atoms with Crippen LogP contribution in [-0.2, 0) is 4.74 Å². The van der Waals surface area contributed by atoms with Crippen molar-refractivity contribution in [2.24, 2.45) is 4.99 Å². The van der Waals surface area contributed by atoms with Crippen LogP contribution >= 0.6 is 24.0 Å². The Morgan fingerprint density at radius 1 is 1.16 bits per heavy atom. The van der Waals surface area contributed by atoms with E-state index in [2.05, 4.69) is 46.2 Å². The van der Waals surface area contributed by atoms with Gasteiger partial charge < -0.3 is 25.2 Å². The van der Waals surface area contributed by atoms with Gasteiger partial charge in [-0.15, -0.1) is 24.0 Å². The van der Waals surface area contributed by atoms with Gasteiger partial charge in [0.05, 0.1) is 0 Å². The van der Waals surface area contributed by atoms with Crippen molar-refractivity contribution < 1.29 is 9.53 Å². The molecule has 0 aromatic carbocycles. The van der Waals surface area contributed by atoms with Crippen LogP contribution in [0.4, 0.5) is 4.79 Å². The van der Waals surface area contributed by atoms with E-state index in [-0.39, 0.29) is 30.1 Å². The highest BCUT2D eigenvalue weighted by atomic mass is 127. The van der Waals surface area contributed by atoms with Gasteiger partial charge in [-0.25, -0.2) is 4.79 Å². The molecule has 1 heterocycles. The lowest BCUT2D eigenvalue weighted by Gasteiger charge is -2.35. The summed E-state index contributed by atoms with van der Waals surface area (Å²) in [5, 5.41) is 6.91. The van der Waals surface area contributed by atoms with Gasteiger partial charge in [-0.1, -0.05) is 13.8 Å². The Kier molecular flexibility index (Phi) is 15.5. The summed E-state index contributed by atoms with van der Waals surface area (Å²) in [6, 6.07) is 0.393. The molecule has 1 rings (SSSR count). The van der Waals surface area contributed by atoms with Crippen LogP contribution in [0.2, 0.25) is 0 Å². The molecule has 1 fully saturated rings. The molecule has 2 N–H and O–H groups in total. The van der Waals surface area contributed by atoms with E-state index in [0.29, 0.717) is 19.1 Å². The maximum absolute atomic E-state index is 12.2. The minimum Gasteiger partial charge on any atom is -0.444 e. The third-order valence-electron chi connectivity index (χ3n) is 5.36. The minimum absolute atomic E-state index is 0. The highest BCUT2D eigenvalue weighted by Crippen LogP contribution is 2.11. The number of aliphatic imine (C=N–C) groups is 1. The average Bonchev–Trinajstić information content (AvgIpc) is 2.69. The summed E-state index contributed by atoms with van der Waals surface area (Å²) < 4.78 is 5.46. The first-order valence-corrected chi connectivity index (χ1v) is 11.6. The Morgan fingerprint density at radius 3 is 2.29 bits per heavy atom. The monoisotopic (exact) mass is 554 g/mol. The second-order valence-corrected chi connectivity index (χ2v) is 9.02. The van der Waals surface area contributed by atoms with Crippen molar-refractivity contribution in [1.29, 1.82) is 0 Å². The number of halogens is 1. The normalized spacial score (nSPS) is 16.6. The highest BCUT2D eigenvalue weighted by Gasteiger charge is 2.25. The number of guanidine groups is 1. The maximum atomic E-state index is 12.2. The predicted molar refractivity (Wildman–Crippen MR) is 141 cm³/mol. The van der Waals surface area contributed by atoms with Crippen LogP contribution in [0.25, 0.3) is 0 Å². The van der Waals surface area contributed by atoms with Crippen LogP contribution in [0.1, 0.15) is 54.4 Å². The second kappa shape index (κ2) is 15.9. The number of rotatable bonds is 10. The van der Waals surface area contributed by atoms with Gasteiger partial charge in [0.25, 0.3) is 0 Å². The van der Waals surface area contributed by atoms with Crippen molar-refractivity contribution in [1.82, 2.24) is 25.3 Å². The zero-order chi connectivity index (χ0) is 22.6. The van der Waals surface area contributed by atoms with E-state index in [9.17, 15) is 4.79 Å². The Hall–Kier alpha value is -0.810. The van der Waals surface area contributed by atoms with Gasteiger partial charge in [-0.2, -0.15) is 0 Å². The molecule has 0 saturated carbocycles. The number of nitrogens with one attached hydrogen (secondary N) is 2. The summed E-state index contributed by atoms with van der Waals surface area (Å²) in [6.45, 7) is 20.7. The van der Waals surface area contributed by atoms with E-state index in [1.165, 1.54) is 6.42 Å². The summed E-state index contributed by atoms with van der Waals surface area (Å²) >= 11 is 0. The number of carbonyl (C=O) groups excluding carboxylic acids is 1. The van der Waals surface area contributed by atoms with Gasteiger partial charge in [0.1, 0.15) is 5.60 Å². The Morgan fingerprint density at radius 2 is 1.77 bits per heavy atom. The quantitative estimate of drug-likeness (QED) is 0.246. The topological polar surface area (TPSA) is 72.4 Å². The van der Waals surface area contributed by atoms with E-state index in [1.54, 1.807) is 4.90 Å². The second-order valence-electron chi connectivity index (χ2n) is 9.02. The number of carbonyl (C=O) groups is 1. The van der Waals surface area contributed by atoms with Crippen LogP contribution in [0.3, 0.4) is 0 Å². The van der Waals surface area contributed by atoms with Crippen LogP contribution in [-0.4, -0.2) is 104 Å². The number of piperazine rings is 1. The molecule has 1 aliphatic rings. The lowest BCUT2D eigenvalue weighted by atomic mass is 10.2. The first-order chi connectivity index (χ1) is 14.2. The fourth-order valence-electron chi connectivity index (χ4n) is 3.47. The summed E-state index contributed by atoms with van der Waals surface area (Å²) in [5.74, 6) is 0.859. The van der Waals surface area contributed by atoms with Gasteiger partial charge in [0.2, 0.25) is 0 Å². The van der Waals surface area contributed by atoms with Gasteiger partial charge in [0, 0.05) is 52.4 Å². The molecule has 1 unspecified atom stereocenters. The third kappa shape index (κ3) is 13.4. The molecule has 0 aromatic heterocycles. The lowest BCUT2D eigenvalue weighted by molar-refractivity contribution is 0.0147. The van der Waals surface area contributed by atoms with E-state index >= 15 is 0 Å². The van der Waals surface area contributed by atoms with Gasteiger partial charge >= 0.3 is 6.09 Å². The molecule has 0 spiro atoms. The van der Waals surface area contributed by atoms with Crippen molar-refractivity contribution in [2.75, 3.05) is 66.0 Å². The molecule has 0 radical (unpaired) electrons. The predicted octanol–water partition coefficient (Wildman–Crippen LogP) is 2.83. The van der Waals surface area contributed by atoms with Gasteiger partial charge in [-0.05, 0) is 60.2 Å². The van der Waals surface area contributed by atoms with Crippen LogP contribution in [0, 0.1) is 0 Å². The van der Waals surface area contributed by atoms with Crippen molar-refractivity contribution in [3.05, 3.63) is 0 Å². The van der Waals surface area contributed by atoms with Crippen LogP contribution in [0.15, 0.2) is 4.99 Å². The van der Waals surface area contributed by atoms with Crippen molar-refractivity contribution in [3.8, 4) is 0 Å². The minimum atomic E-state index is -0.441. The number of amides is 1. The number of hydrogen-bond donors (Lipinski definition) is 2. The SMILES string of the molecule is CCN(CC)CCCC(C)NC(=NC)NCCN1CCN(C(=O)OC(C)(C)C)CC1.I. The largest absolute Gasteiger partial charge is 0.444 e. The molecular formula is C22H47IN6O2. The zero-order valence-electron chi connectivity index (χ0n) is 20.9. The number of nitrogens with zero attached hydrogens (tertiary/aromatic N) is 4. The average molecular weight is 555 g/mol. The lowest BCUT2D eigenvalue weighted by Crippen LogP contribution is -2.52. The van der Waals surface area contributed by atoms with Crippen molar-refractivity contribution in [2.45, 2.75) is 66.0 Å². The maximum Gasteiger partial charge on any atom is 0.410 e. The molecule has 9 heteroatoms. The van der Waals surface area contributed by atoms with E-state index in [4.69, 9.17) is 4.74 Å². The Bertz CT molecular complexity index is 515. The highest BCUT2D eigenvalue weighted by molar-refractivity contribution is 14.0.